The van der Waals surface area contributed by atoms with E-state index in [1.807, 2.05) is 19.0 Å². The van der Waals surface area contributed by atoms with Crippen LogP contribution in [-0.2, 0) is 22.6 Å². The molecule has 4 rings (SSSR count). The van der Waals surface area contributed by atoms with Crippen molar-refractivity contribution >= 4 is 23.2 Å². The molecule has 0 saturated heterocycles. The van der Waals surface area contributed by atoms with Crippen molar-refractivity contribution in [2.75, 3.05) is 40.1 Å². The number of fused-ring (bicyclic) bond motifs is 3. The fourth-order valence-electron chi connectivity index (χ4n) is 6.08. The zero-order chi connectivity index (χ0) is 26.9. The van der Waals surface area contributed by atoms with Gasteiger partial charge < -0.3 is 36.4 Å². The Balaban J connectivity index is 1.99. The third-order valence-corrected chi connectivity index (χ3v) is 7.63. The molecule has 11 nitrogen and oxygen atoms in total. The summed E-state index contributed by atoms with van der Waals surface area (Å²) in [5, 5.41) is 47.8. The third kappa shape index (κ3) is 3.34. The van der Waals surface area contributed by atoms with E-state index in [0.29, 0.717) is 11.1 Å². The summed E-state index contributed by atoms with van der Waals surface area (Å²) < 4.78 is 0. The van der Waals surface area contributed by atoms with Crippen LogP contribution in [0.3, 0.4) is 0 Å². The molecule has 0 saturated carbocycles. The molecule has 1 amide bonds. The van der Waals surface area contributed by atoms with Crippen LogP contribution in [0, 0.1) is 11.8 Å². The number of hydrogen-bond donors (Lipinski definition) is 6. The smallest absolute Gasteiger partial charge is 0.255 e. The van der Waals surface area contributed by atoms with Gasteiger partial charge in [0.05, 0.1) is 11.6 Å². The Bertz CT molecular complexity index is 1250. The lowest BCUT2D eigenvalue weighted by atomic mass is 9.58. The lowest BCUT2D eigenvalue weighted by Crippen LogP contribution is -2.63. The first-order valence-corrected chi connectivity index (χ1v) is 11.6. The predicted molar refractivity (Wildman–Crippen MR) is 131 cm³/mol. The number of hydrogen-bond acceptors (Lipinski definition) is 10. The summed E-state index contributed by atoms with van der Waals surface area (Å²) in [6.07, 6.45) is 0.299. The van der Waals surface area contributed by atoms with Crippen LogP contribution in [0.4, 0.5) is 5.69 Å². The first-order valence-electron chi connectivity index (χ1n) is 11.6. The number of carbonyl (C=O) groups is 3. The van der Waals surface area contributed by atoms with E-state index in [0.717, 1.165) is 5.69 Å². The topological polar surface area (TPSA) is 177 Å². The van der Waals surface area contributed by atoms with Gasteiger partial charge in [-0.3, -0.25) is 19.3 Å². The van der Waals surface area contributed by atoms with E-state index in [1.165, 1.54) is 4.90 Å². The zero-order valence-corrected chi connectivity index (χ0v) is 20.9. The SMILES string of the molecule is CNCc1cc(N(C)C)c2c(c1O)C(=O)C1=C(O)[C@]3(O)C(=O)C(C(N)=O)=C(O)[C@@H](N(C)C)[C@@H]3C[C@@H]1C2. The highest BCUT2D eigenvalue weighted by Gasteiger charge is 2.63. The number of phenols is 1. The molecule has 0 unspecified atom stereocenters. The minimum atomic E-state index is -2.65. The summed E-state index contributed by atoms with van der Waals surface area (Å²) in [7, 11) is 8.53. The highest BCUT2D eigenvalue weighted by molar-refractivity contribution is 6.24. The highest BCUT2D eigenvalue weighted by Crippen LogP contribution is 2.53. The summed E-state index contributed by atoms with van der Waals surface area (Å²) >= 11 is 0. The number of nitrogens with zero attached hydrogens (tertiary/aromatic N) is 2. The largest absolute Gasteiger partial charge is 0.510 e. The van der Waals surface area contributed by atoms with Crippen LogP contribution in [0.2, 0.25) is 0 Å². The number of aromatic hydroxyl groups is 1. The van der Waals surface area contributed by atoms with Crippen molar-refractivity contribution in [2.45, 2.75) is 31.0 Å². The van der Waals surface area contributed by atoms with Crippen LogP contribution >= 0.6 is 0 Å². The molecule has 0 heterocycles. The summed E-state index contributed by atoms with van der Waals surface area (Å²) in [5.41, 5.74) is 3.52. The zero-order valence-electron chi connectivity index (χ0n) is 20.9. The summed E-state index contributed by atoms with van der Waals surface area (Å²) in [6.45, 7) is 0.281. The van der Waals surface area contributed by atoms with Gasteiger partial charge in [0, 0.05) is 43.4 Å². The third-order valence-electron chi connectivity index (χ3n) is 7.63. The van der Waals surface area contributed by atoms with Crippen molar-refractivity contribution in [3.63, 3.8) is 0 Å². The molecule has 4 atom stereocenters. The average Bonchev–Trinajstić information content (AvgIpc) is 2.77. The molecule has 1 aromatic rings. The van der Waals surface area contributed by atoms with E-state index >= 15 is 0 Å². The van der Waals surface area contributed by atoms with E-state index in [1.54, 1.807) is 27.2 Å². The Labute approximate surface area is 208 Å². The van der Waals surface area contributed by atoms with Gasteiger partial charge in [0.1, 0.15) is 22.8 Å². The van der Waals surface area contributed by atoms with Gasteiger partial charge in [0.2, 0.25) is 5.78 Å². The van der Waals surface area contributed by atoms with Crippen molar-refractivity contribution in [1.82, 2.24) is 10.2 Å². The minimum Gasteiger partial charge on any atom is -0.510 e. The van der Waals surface area contributed by atoms with E-state index in [-0.39, 0.29) is 36.3 Å². The fourth-order valence-corrected chi connectivity index (χ4v) is 6.08. The van der Waals surface area contributed by atoms with E-state index in [4.69, 9.17) is 5.73 Å². The van der Waals surface area contributed by atoms with Crippen LogP contribution < -0.4 is 16.0 Å². The maximum Gasteiger partial charge on any atom is 0.255 e. The quantitative estimate of drug-likeness (QED) is 0.299. The molecule has 1 aromatic carbocycles. The van der Waals surface area contributed by atoms with Gasteiger partial charge >= 0.3 is 0 Å². The lowest BCUT2D eigenvalue weighted by molar-refractivity contribution is -0.148. The molecule has 0 fully saturated rings. The summed E-state index contributed by atoms with van der Waals surface area (Å²) in [5.74, 6) is -6.55. The van der Waals surface area contributed by atoms with Gasteiger partial charge in [-0.05, 0) is 51.5 Å². The number of phenolic OH excluding ortho intramolecular Hbond substituents is 1. The Kier molecular flexibility index (Phi) is 6.14. The number of nitrogens with one attached hydrogen (secondary N) is 1. The maximum atomic E-state index is 13.8. The summed E-state index contributed by atoms with van der Waals surface area (Å²) in [6, 6.07) is 0.779. The molecule has 3 aliphatic rings. The van der Waals surface area contributed by atoms with Gasteiger partial charge in [-0.15, -0.1) is 0 Å². The number of ketones is 2. The summed E-state index contributed by atoms with van der Waals surface area (Å²) in [4.78, 5) is 42.6. The maximum absolute atomic E-state index is 13.8. The van der Waals surface area contributed by atoms with Crippen LogP contribution in [0.1, 0.15) is 27.9 Å². The second kappa shape index (κ2) is 8.61. The number of rotatable bonds is 5. The van der Waals surface area contributed by atoms with Gasteiger partial charge in [0.25, 0.3) is 5.91 Å². The molecular weight excluding hydrogens is 468 g/mol. The molecule has 0 spiro atoms. The normalized spacial score (nSPS) is 27.7. The van der Waals surface area contributed by atoms with Crippen molar-refractivity contribution in [1.29, 1.82) is 0 Å². The van der Waals surface area contributed by atoms with Crippen molar-refractivity contribution in [3.05, 3.63) is 45.4 Å². The number of Topliss-reactive ketones (excluding diaryl/α,β-unsaturated/α-hetero) is 2. The first kappa shape index (κ1) is 25.7. The first-order chi connectivity index (χ1) is 16.8. The number of aliphatic hydroxyl groups is 3. The van der Waals surface area contributed by atoms with Crippen LogP contribution in [0.25, 0.3) is 0 Å². The molecule has 11 heteroatoms. The van der Waals surface area contributed by atoms with Crippen molar-refractivity contribution < 1.29 is 34.8 Å². The Hall–Kier alpha value is -3.41. The molecule has 0 bridgehead atoms. The number of nitrogens with two attached hydrogens (primary N) is 1. The monoisotopic (exact) mass is 500 g/mol. The van der Waals surface area contributed by atoms with Crippen molar-refractivity contribution in [2.24, 2.45) is 17.6 Å². The van der Waals surface area contributed by atoms with Crippen molar-refractivity contribution in [3.8, 4) is 5.75 Å². The minimum absolute atomic E-state index is 0.00670. The Morgan fingerprint density at radius 3 is 2.36 bits per heavy atom. The molecular formula is C25H32N4O7. The van der Waals surface area contributed by atoms with Crippen LogP contribution in [-0.4, -0.2) is 89.7 Å². The number of allylic oxidation sites excluding steroid dienone is 1. The molecule has 194 valence electrons. The van der Waals surface area contributed by atoms with Crippen LogP contribution in [0.5, 0.6) is 5.75 Å². The fraction of sp³-hybridized carbons (Fsp3) is 0.480. The van der Waals surface area contributed by atoms with Gasteiger partial charge in [0.15, 0.2) is 11.4 Å². The molecule has 36 heavy (non-hydrogen) atoms. The molecule has 0 aliphatic heterocycles. The number of amides is 1. The number of aliphatic hydroxyl groups excluding tert-OH is 2. The number of likely N-dealkylation sites (N-methyl/N-ethyl adjacent to an activating group) is 1. The van der Waals surface area contributed by atoms with E-state index in [2.05, 4.69) is 5.32 Å². The average molecular weight is 501 g/mol. The van der Waals surface area contributed by atoms with E-state index < -0.39 is 58.0 Å². The molecule has 0 aromatic heterocycles. The van der Waals surface area contributed by atoms with Gasteiger partial charge in [-0.25, -0.2) is 0 Å². The lowest BCUT2D eigenvalue weighted by Gasteiger charge is -2.50. The second-order valence-electron chi connectivity index (χ2n) is 10.1. The number of benzene rings is 1. The molecule has 0 radical (unpaired) electrons. The van der Waals surface area contributed by atoms with Crippen LogP contribution in [0.15, 0.2) is 28.7 Å². The Morgan fingerprint density at radius 2 is 1.83 bits per heavy atom. The second-order valence-corrected chi connectivity index (χ2v) is 10.1. The number of carbonyl (C=O) groups excluding carboxylic acids is 3. The predicted octanol–water partition coefficient (Wildman–Crippen LogP) is -0.0940. The van der Waals surface area contributed by atoms with Gasteiger partial charge in [-0.1, -0.05) is 0 Å². The Morgan fingerprint density at radius 1 is 1.19 bits per heavy atom. The molecule has 3 aliphatic carbocycles. The standard InChI is InChI=1S/C25H32N4O7/c1-27-9-11-8-14(28(2)3)12-6-10-7-13-18(29(4)5)21(32)17(24(26)35)23(34)25(13,36)22(33)15(10)20(31)16(12)19(11)30/h8,10,13,18,27,30,32-33,36H,6-7,9H2,1-5H3,(H2,26,35)/t10-,13-,18-,25-/m0/s1. The van der Waals surface area contributed by atoms with E-state index in [9.17, 15) is 34.8 Å². The number of anilines is 1. The van der Waals surface area contributed by atoms with Gasteiger partial charge in [-0.2, -0.15) is 0 Å². The molecule has 7 N–H and O–H groups in total. The number of primary amides is 1. The highest BCUT2D eigenvalue weighted by atomic mass is 16.3.